The molecular formula is C39H35NO4S. The number of hydrogen-bond acceptors (Lipinski definition) is 4. The number of carbonyl (C=O) groups excluding carboxylic acids is 1. The molecule has 0 heterocycles. The van der Waals surface area contributed by atoms with Crippen LogP contribution in [0.5, 0.6) is 0 Å². The van der Waals surface area contributed by atoms with Crippen molar-refractivity contribution in [2.45, 2.75) is 23.1 Å². The van der Waals surface area contributed by atoms with Crippen LogP contribution in [0, 0.1) is 0 Å². The molecule has 6 rings (SSSR count). The molecule has 0 bridgehead atoms. The van der Waals surface area contributed by atoms with Crippen LogP contribution in [0.3, 0.4) is 0 Å². The number of rotatable bonds is 11. The Morgan fingerprint density at radius 1 is 0.711 bits per heavy atom. The van der Waals surface area contributed by atoms with Crippen LogP contribution in [0.4, 0.5) is 4.79 Å². The van der Waals surface area contributed by atoms with Crippen molar-refractivity contribution in [3.63, 3.8) is 0 Å². The van der Waals surface area contributed by atoms with Gasteiger partial charge in [-0.1, -0.05) is 140 Å². The molecule has 0 fully saturated rings. The first-order valence-corrected chi connectivity index (χ1v) is 16.1. The van der Waals surface area contributed by atoms with Gasteiger partial charge in [0, 0.05) is 13.0 Å². The second kappa shape index (κ2) is 13.4. The maximum absolute atomic E-state index is 13.3. The molecule has 1 amide bonds. The Kier molecular flexibility index (Phi) is 9.03. The third kappa shape index (κ3) is 5.98. The minimum Gasteiger partial charge on any atom is -0.480 e. The summed E-state index contributed by atoms with van der Waals surface area (Å²) in [6, 6.07) is 46.1. The molecule has 0 unspecified atom stereocenters. The topological polar surface area (TPSA) is 66.8 Å². The summed E-state index contributed by atoms with van der Waals surface area (Å²) in [6.07, 6.45) is -0.399. The molecule has 5 nitrogen and oxygen atoms in total. The van der Waals surface area contributed by atoms with Gasteiger partial charge in [-0.3, -0.25) is 4.90 Å². The predicted octanol–water partition coefficient (Wildman–Crippen LogP) is 8.44. The molecule has 1 N–H and O–H groups in total. The quantitative estimate of drug-likeness (QED) is 0.152. The van der Waals surface area contributed by atoms with E-state index in [1.165, 1.54) is 11.9 Å². The highest BCUT2D eigenvalue weighted by Gasteiger charge is 2.38. The van der Waals surface area contributed by atoms with Gasteiger partial charge in [0.05, 0.1) is 4.75 Å². The Balaban J connectivity index is 1.20. The van der Waals surface area contributed by atoms with Crippen LogP contribution in [0.15, 0.2) is 140 Å². The lowest BCUT2D eigenvalue weighted by atomic mass is 9.84. The average molecular weight is 614 g/mol. The van der Waals surface area contributed by atoms with Crippen molar-refractivity contribution in [2.75, 3.05) is 19.4 Å². The summed E-state index contributed by atoms with van der Waals surface area (Å²) in [5.74, 6) is -0.676. The van der Waals surface area contributed by atoms with Crippen molar-refractivity contribution >= 4 is 23.8 Å². The zero-order valence-electron chi connectivity index (χ0n) is 25.1. The highest BCUT2D eigenvalue weighted by molar-refractivity contribution is 8.00. The number of carboxylic acids is 1. The molecule has 6 heteroatoms. The minimum absolute atomic E-state index is 0.100. The van der Waals surface area contributed by atoms with Crippen molar-refractivity contribution < 1.29 is 19.4 Å². The van der Waals surface area contributed by atoms with Gasteiger partial charge < -0.3 is 9.84 Å². The fourth-order valence-corrected chi connectivity index (χ4v) is 7.95. The molecule has 226 valence electrons. The highest BCUT2D eigenvalue weighted by atomic mass is 32.2. The average Bonchev–Trinajstić information content (AvgIpc) is 3.41. The van der Waals surface area contributed by atoms with Crippen molar-refractivity contribution in [1.29, 1.82) is 0 Å². The molecule has 1 atom stereocenters. The lowest BCUT2D eigenvalue weighted by Gasteiger charge is -2.36. The third-order valence-electron chi connectivity index (χ3n) is 8.63. The van der Waals surface area contributed by atoms with E-state index in [2.05, 4.69) is 60.7 Å². The second-order valence-electron chi connectivity index (χ2n) is 11.2. The smallest absolute Gasteiger partial charge is 0.410 e. The molecule has 0 spiro atoms. The maximum atomic E-state index is 13.3. The first-order chi connectivity index (χ1) is 22.0. The minimum atomic E-state index is -1.06. The number of likely N-dealkylation sites (N-methyl/N-ethyl adjacent to an activating group) is 1. The van der Waals surface area contributed by atoms with E-state index in [1.807, 2.05) is 78.9 Å². The molecule has 0 aliphatic heterocycles. The molecule has 0 saturated heterocycles. The summed E-state index contributed by atoms with van der Waals surface area (Å²) >= 11 is 1.68. The number of hydrogen-bond donors (Lipinski definition) is 1. The number of benzene rings is 5. The lowest BCUT2D eigenvalue weighted by molar-refractivity contribution is -0.142. The Labute approximate surface area is 268 Å². The Morgan fingerprint density at radius 2 is 1.13 bits per heavy atom. The van der Waals surface area contributed by atoms with Crippen LogP contribution in [-0.2, 0) is 14.3 Å². The van der Waals surface area contributed by atoms with E-state index in [4.69, 9.17) is 4.74 Å². The van der Waals surface area contributed by atoms with E-state index in [-0.39, 0.29) is 18.9 Å². The lowest BCUT2D eigenvalue weighted by Crippen LogP contribution is -2.43. The summed E-state index contributed by atoms with van der Waals surface area (Å²) in [6.45, 7) is 0.136. The number of carbonyl (C=O) groups is 2. The summed E-state index contributed by atoms with van der Waals surface area (Å²) in [4.78, 5) is 27.1. The summed E-state index contributed by atoms with van der Waals surface area (Å²) < 4.78 is 5.23. The van der Waals surface area contributed by atoms with E-state index >= 15 is 0 Å². The monoisotopic (exact) mass is 613 g/mol. The maximum Gasteiger partial charge on any atom is 0.410 e. The van der Waals surface area contributed by atoms with Crippen molar-refractivity contribution in [3.05, 3.63) is 167 Å². The van der Waals surface area contributed by atoms with Crippen LogP contribution in [0.1, 0.15) is 40.2 Å². The van der Waals surface area contributed by atoms with E-state index in [1.54, 1.807) is 11.8 Å². The van der Waals surface area contributed by atoms with Gasteiger partial charge in [-0.25, -0.2) is 9.59 Å². The number of nitrogens with zero attached hydrogens (tertiary/aromatic N) is 1. The molecular weight excluding hydrogens is 578 g/mol. The number of ether oxygens (including phenoxy) is 1. The van der Waals surface area contributed by atoms with E-state index in [0.29, 0.717) is 5.75 Å². The summed E-state index contributed by atoms with van der Waals surface area (Å²) in [5.41, 5.74) is 7.81. The summed E-state index contributed by atoms with van der Waals surface area (Å²) in [5, 5.41) is 10.3. The van der Waals surface area contributed by atoms with Crippen LogP contribution in [0.2, 0.25) is 0 Å². The fraction of sp³-hybridized carbons (Fsp3) is 0.179. The molecule has 1 aliphatic carbocycles. The predicted molar refractivity (Wildman–Crippen MR) is 181 cm³/mol. The first-order valence-electron chi connectivity index (χ1n) is 15.1. The molecule has 5 aromatic rings. The number of fused-ring (bicyclic) bond motifs is 3. The Hall–Kier alpha value is -4.81. The van der Waals surface area contributed by atoms with Crippen LogP contribution < -0.4 is 0 Å². The summed E-state index contributed by atoms with van der Waals surface area (Å²) in [7, 11) is 1.52. The number of carboxylic acid groups (broad SMARTS) is 1. The molecule has 45 heavy (non-hydrogen) atoms. The van der Waals surface area contributed by atoms with Crippen molar-refractivity contribution in [2.24, 2.45) is 0 Å². The van der Waals surface area contributed by atoms with Crippen molar-refractivity contribution in [1.82, 2.24) is 4.90 Å². The van der Waals surface area contributed by atoms with Crippen LogP contribution in [-0.4, -0.2) is 47.5 Å². The SMILES string of the molecule is CN(C(=O)OCC1c2ccccc2-c2ccccc21)[C@@H](CCSC(c1ccccc1)(c1ccccc1)c1ccccc1)C(=O)O. The van der Waals surface area contributed by atoms with E-state index in [0.717, 1.165) is 38.9 Å². The van der Waals surface area contributed by atoms with Crippen LogP contribution >= 0.6 is 11.8 Å². The van der Waals surface area contributed by atoms with Gasteiger partial charge in [-0.2, -0.15) is 0 Å². The Morgan fingerprint density at radius 3 is 1.58 bits per heavy atom. The first kappa shape index (κ1) is 30.2. The van der Waals surface area contributed by atoms with Gasteiger partial charge in [0.2, 0.25) is 0 Å². The normalized spacial score (nSPS) is 13.0. The fourth-order valence-electron chi connectivity index (χ4n) is 6.40. The third-order valence-corrected chi connectivity index (χ3v) is 10.2. The van der Waals surface area contributed by atoms with E-state index < -0.39 is 22.9 Å². The molecule has 1 aliphatic rings. The molecule has 0 aromatic heterocycles. The van der Waals surface area contributed by atoms with Crippen molar-refractivity contribution in [3.8, 4) is 11.1 Å². The van der Waals surface area contributed by atoms with Gasteiger partial charge >= 0.3 is 12.1 Å². The van der Waals surface area contributed by atoms with Gasteiger partial charge in [0.25, 0.3) is 0 Å². The number of thioether (sulfide) groups is 1. The molecule has 0 saturated carbocycles. The zero-order chi connectivity index (χ0) is 31.2. The largest absolute Gasteiger partial charge is 0.480 e. The molecule has 5 aromatic carbocycles. The number of aliphatic carboxylic acids is 1. The van der Waals surface area contributed by atoms with Gasteiger partial charge in [-0.05, 0) is 51.1 Å². The van der Waals surface area contributed by atoms with Gasteiger partial charge in [0.1, 0.15) is 12.6 Å². The van der Waals surface area contributed by atoms with Gasteiger partial charge in [-0.15, -0.1) is 11.8 Å². The second-order valence-corrected chi connectivity index (χ2v) is 12.5. The Bertz CT molecular complexity index is 1620. The van der Waals surface area contributed by atoms with E-state index in [9.17, 15) is 14.7 Å². The molecule has 0 radical (unpaired) electrons. The van der Waals surface area contributed by atoms with Gasteiger partial charge in [0.15, 0.2) is 0 Å². The zero-order valence-corrected chi connectivity index (χ0v) is 25.9. The standard InChI is InChI=1S/C39H35NO4S/c1-40(38(43)44-27-35-33-23-13-11-21-31(33)32-22-12-14-24-34(32)35)36(37(41)42)25-26-45-39(28-15-5-2-6-16-28,29-17-7-3-8-18-29)30-19-9-4-10-20-30/h2-24,35-36H,25-27H2,1H3,(H,41,42)/t36-/m0/s1. The van der Waals surface area contributed by atoms with Crippen LogP contribution in [0.25, 0.3) is 11.1 Å². The highest BCUT2D eigenvalue weighted by Crippen LogP contribution is 2.49. The number of amides is 1.